The molecule has 0 amide bonds. The topological polar surface area (TPSA) is 38.0 Å². The van der Waals surface area contributed by atoms with Gasteiger partial charge in [0.05, 0.1) is 6.04 Å². The van der Waals surface area contributed by atoms with Crippen LogP contribution in [0.5, 0.6) is 0 Å². The van der Waals surface area contributed by atoms with Crippen LogP contribution in [0.4, 0.5) is 4.39 Å². The molecule has 3 N–H and O–H groups in total. The van der Waals surface area contributed by atoms with Gasteiger partial charge in [-0.15, -0.1) is 11.8 Å². The lowest BCUT2D eigenvalue weighted by molar-refractivity contribution is 0.542. The maximum Gasteiger partial charge on any atom is 0.128 e. The Morgan fingerprint density at radius 1 is 1.24 bits per heavy atom. The highest BCUT2D eigenvalue weighted by molar-refractivity contribution is 9.10. The maximum absolute atomic E-state index is 14.2. The van der Waals surface area contributed by atoms with Crippen molar-refractivity contribution in [3.63, 3.8) is 0 Å². The molecule has 5 heteroatoms. The first-order valence-electron chi connectivity index (χ1n) is 6.62. The summed E-state index contributed by atoms with van der Waals surface area (Å²) in [6, 6.07) is 11.3. The second-order valence-electron chi connectivity index (χ2n) is 4.96. The summed E-state index contributed by atoms with van der Waals surface area (Å²) >= 11 is 5.06. The maximum atomic E-state index is 14.2. The van der Waals surface area contributed by atoms with Gasteiger partial charge in [0.2, 0.25) is 0 Å². The summed E-state index contributed by atoms with van der Waals surface area (Å²) in [7, 11) is 0. The number of hydrogen-bond donors (Lipinski definition) is 2. The van der Waals surface area contributed by atoms with Gasteiger partial charge in [0.25, 0.3) is 0 Å². The Morgan fingerprint density at radius 2 is 1.90 bits per heavy atom. The molecule has 0 saturated carbocycles. The summed E-state index contributed by atoms with van der Waals surface area (Å²) in [5, 5.41) is 0. The van der Waals surface area contributed by atoms with Gasteiger partial charge in [0.1, 0.15) is 5.82 Å². The lowest BCUT2D eigenvalue weighted by atomic mass is 10.00. The van der Waals surface area contributed by atoms with Gasteiger partial charge >= 0.3 is 0 Å². The van der Waals surface area contributed by atoms with Crippen molar-refractivity contribution >= 4 is 27.7 Å². The SMILES string of the molecule is Cc1cc(C)c(C(CSc2ccc(Br)cc2)NN)c(F)c1. The van der Waals surface area contributed by atoms with E-state index in [1.165, 1.54) is 0 Å². The second kappa shape index (κ2) is 7.40. The lowest BCUT2D eigenvalue weighted by Gasteiger charge is -2.19. The van der Waals surface area contributed by atoms with Crippen molar-refractivity contribution in [1.29, 1.82) is 0 Å². The highest BCUT2D eigenvalue weighted by Crippen LogP contribution is 2.29. The van der Waals surface area contributed by atoms with Crippen molar-refractivity contribution in [3.8, 4) is 0 Å². The van der Waals surface area contributed by atoms with E-state index in [4.69, 9.17) is 5.84 Å². The van der Waals surface area contributed by atoms with E-state index in [1.807, 2.05) is 44.2 Å². The smallest absolute Gasteiger partial charge is 0.128 e. The first-order valence-corrected chi connectivity index (χ1v) is 8.40. The molecule has 1 atom stereocenters. The summed E-state index contributed by atoms with van der Waals surface area (Å²) in [5.41, 5.74) is 5.22. The van der Waals surface area contributed by atoms with Gasteiger partial charge < -0.3 is 0 Å². The molecule has 112 valence electrons. The van der Waals surface area contributed by atoms with Gasteiger partial charge in [-0.05, 0) is 55.3 Å². The van der Waals surface area contributed by atoms with Crippen molar-refractivity contribution in [2.45, 2.75) is 24.8 Å². The minimum Gasteiger partial charge on any atom is -0.271 e. The first kappa shape index (κ1) is 16.5. The fraction of sp³-hybridized carbons (Fsp3) is 0.250. The molecule has 0 heterocycles. The van der Waals surface area contributed by atoms with E-state index in [0.29, 0.717) is 11.3 Å². The van der Waals surface area contributed by atoms with E-state index in [-0.39, 0.29) is 11.9 Å². The van der Waals surface area contributed by atoms with Crippen LogP contribution in [0.1, 0.15) is 22.7 Å². The number of thioether (sulfide) groups is 1. The quantitative estimate of drug-likeness (QED) is 0.463. The molecule has 0 aliphatic heterocycles. The predicted octanol–water partition coefficient (Wildman–Crippen LogP) is 4.50. The number of rotatable bonds is 5. The number of aryl methyl sites for hydroxylation is 2. The Morgan fingerprint density at radius 3 is 2.48 bits per heavy atom. The van der Waals surface area contributed by atoms with Crippen LogP contribution in [-0.4, -0.2) is 5.75 Å². The third kappa shape index (κ3) is 4.30. The number of hydrogen-bond acceptors (Lipinski definition) is 3. The molecule has 0 saturated heterocycles. The van der Waals surface area contributed by atoms with Gasteiger partial charge in [0, 0.05) is 20.7 Å². The lowest BCUT2D eigenvalue weighted by Crippen LogP contribution is -2.31. The molecule has 2 rings (SSSR count). The molecule has 0 aromatic heterocycles. The number of nitrogens with two attached hydrogens (primary N) is 1. The molecule has 0 radical (unpaired) electrons. The van der Waals surface area contributed by atoms with Crippen LogP contribution in [0.15, 0.2) is 45.8 Å². The largest absolute Gasteiger partial charge is 0.271 e. The summed E-state index contributed by atoms with van der Waals surface area (Å²) in [4.78, 5) is 1.13. The van der Waals surface area contributed by atoms with Crippen molar-refractivity contribution in [2.75, 3.05) is 5.75 Å². The Balaban J connectivity index is 2.15. The van der Waals surface area contributed by atoms with Crippen LogP contribution in [0.3, 0.4) is 0 Å². The fourth-order valence-electron chi connectivity index (χ4n) is 2.29. The molecule has 0 aliphatic rings. The molecule has 2 aromatic carbocycles. The molecule has 2 aromatic rings. The van der Waals surface area contributed by atoms with E-state index >= 15 is 0 Å². The van der Waals surface area contributed by atoms with E-state index in [2.05, 4.69) is 21.4 Å². The summed E-state index contributed by atoms with van der Waals surface area (Å²) in [6.45, 7) is 3.81. The number of benzene rings is 2. The van der Waals surface area contributed by atoms with Gasteiger partial charge in [-0.3, -0.25) is 11.3 Å². The van der Waals surface area contributed by atoms with Crippen LogP contribution in [0.25, 0.3) is 0 Å². The van der Waals surface area contributed by atoms with Gasteiger partial charge in [-0.1, -0.05) is 22.0 Å². The molecule has 0 aliphatic carbocycles. The van der Waals surface area contributed by atoms with E-state index in [9.17, 15) is 4.39 Å². The molecule has 21 heavy (non-hydrogen) atoms. The molecule has 0 fully saturated rings. The van der Waals surface area contributed by atoms with Crippen molar-refractivity contribution in [1.82, 2.24) is 5.43 Å². The molecular formula is C16H18BrFN2S. The summed E-state index contributed by atoms with van der Waals surface area (Å²) < 4.78 is 15.3. The number of hydrazine groups is 1. The van der Waals surface area contributed by atoms with E-state index < -0.39 is 0 Å². The Kier molecular flexibility index (Phi) is 5.81. The van der Waals surface area contributed by atoms with E-state index in [1.54, 1.807) is 17.8 Å². The second-order valence-corrected chi connectivity index (χ2v) is 6.97. The predicted molar refractivity (Wildman–Crippen MR) is 90.8 cm³/mol. The van der Waals surface area contributed by atoms with Crippen molar-refractivity contribution < 1.29 is 4.39 Å². The van der Waals surface area contributed by atoms with Gasteiger partial charge in [0.15, 0.2) is 0 Å². The zero-order valence-corrected chi connectivity index (χ0v) is 14.4. The third-order valence-electron chi connectivity index (χ3n) is 3.26. The Labute approximate surface area is 137 Å². The highest BCUT2D eigenvalue weighted by Gasteiger charge is 2.17. The summed E-state index contributed by atoms with van der Waals surface area (Å²) in [5.74, 6) is 6.10. The van der Waals surface area contributed by atoms with Crippen LogP contribution in [0.2, 0.25) is 0 Å². The summed E-state index contributed by atoms with van der Waals surface area (Å²) in [6.07, 6.45) is 0. The standard InChI is InChI=1S/C16H18BrFN2S/c1-10-7-11(2)16(14(18)8-10)15(20-19)9-21-13-5-3-12(17)4-6-13/h3-8,15,20H,9,19H2,1-2H3. The van der Waals surface area contributed by atoms with Crippen molar-refractivity contribution in [3.05, 3.63) is 63.4 Å². The van der Waals surface area contributed by atoms with Crippen molar-refractivity contribution in [2.24, 2.45) is 5.84 Å². The Hall–Kier alpha value is -0.880. The number of nitrogens with one attached hydrogen (secondary N) is 1. The highest BCUT2D eigenvalue weighted by atomic mass is 79.9. The van der Waals surface area contributed by atoms with Crippen LogP contribution < -0.4 is 11.3 Å². The monoisotopic (exact) mass is 368 g/mol. The van der Waals surface area contributed by atoms with Gasteiger partial charge in [-0.2, -0.15) is 0 Å². The molecule has 0 spiro atoms. The zero-order valence-electron chi connectivity index (χ0n) is 12.0. The van der Waals surface area contributed by atoms with Crippen LogP contribution in [0, 0.1) is 19.7 Å². The molecule has 0 bridgehead atoms. The normalized spacial score (nSPS) is 12.4. The average Bonchev–Trinajstić information content (AvgIpc) is 2.43. The molecule has 1 unspecified atom stereocenters. The zero-order chi connectivity index (χ0) is 15.4. The third-order valence-corrected chi connectivity index (χ3v) is 4.89. The average molecular weight is 369 g/mol. The molecule has 2 nitrogen and oxygen atoms in total. The first-order chi connectivity index (χ1) is 10.0. The Bertz CT molecular complexity index is 593. The minimum atomic E-state index is -0.223. The number of halogens is 2. The van der Waals surface area contributed by atoms with E-state index in [0.717, 1.165) is 20.5 Å². The van der Waals surface area contributed by atoms with Crippen LogP contribution in [-0.2, 0) is 0 Å². The van der Waals surface area contributed by atoms with Gasteiger partial charge in [-0.25, -0.2) is 4.39 Å². The van der Waals surface area contributed by atoms with Crippen LogP contribution >= 0.6 is 27.7 Å². The molecular weight excluding hydrogens is 351 g/mol. The fourth-order valence-corrected chi connectivity index (χ4v) is 3.51. The minimum absolute atomic E-state index is 0.202.